The molecule has 158 valence electrons. The molecule has 3 aromatic rings. The molecule has 1 heterocycles. The zero-order valence-corrected chi connectivity index (χ0v) is 18.7. The lowest BCUT2D eigenvalue weighted by Gasteiger charge is -2.13. The van der Waals surface area contributed by atoms with Crippen LogP contribution in [-0.4, -0.2) is 26.4 Å². The van der Waals surface area contributed by atoms with Crippen LogP contribution in [0.3, 0.4) is 0 Å². The summed E-state index contributed by atoms with van der Waals surface area (Å²) in [7, 11) is 1.88. The Bertz CT molecular complexity index is 983. The Hall–Kier alpha value is -2.80. The first-order chi connectivity index (χ1) is 14.5. The van der Waals surface area contributed by atoms with Crippen molar-refractivity contribution < 1.29 is 9.53 Å². The Morgan fingerprint density at radius 1 is 1.13 bits per heavy atom. The number of hydrogen-bond acceptors (Lipinski definition) is 5. The molecule has 0 radical (unpaired) electrons. The van der Waals surface area contributed by atoms with Crippen molar-refractivity contribution >= 4 is 23.4 Å². The number of rotatable bonds is 9. The van der Waals surface area contributed by atoms with Crippen LogP contribution in [-0.2, 0) is 24.9 Å². The summed E-state index contributed by atoms with van der Waals surface area (Å²) in [5, 5.41) is 12.1. The molecule has 0 aliphatic rings. The number of hydrogen-bond donors (Lipinski definition) is 1. The van der Waals surface area contributed by atoms with Gasteiger partial charge in [-0.3, -0.25) is 4.79 Å². The van der Waals surface area contributed by atoms with Crippen LogP contribution in [0.5, 0.6) is 5.75 Å². The topological polar surface area (TPSA) is 69.0 Å². The van der Waals surface area contributed by atoms with E-state index in [2.05, 4.69) is 48.4 Å². The summed E-state index contributed by atoms with van der Waals surface area (Å²) in [6.45, 7) is 6.67. The van der Waals surface area contributed by atoms with Gasteiger partial charge in [0, 0.05) is 12.7 Å². The highest BCUT2D eigenvalue weighted by atomic mass is 32.2. The predicted octanol–water partition coefficient (Wildman–Crippen LogP) is 4.81. The van der Waals surface area contributed by atoms with Gasteiger partial charge in [0.15, 0.2) is 11.0 Å². The van der Waals surface area contributed by atoms with Gasteiger partial charge in [-0.2, -0.15) is 0 Å². The first-order valence-corrected chi connectivity index (χ1v) is 11.1. The number of aryl methyl sites for hydroxylation is 1. The summed E-state index contributed by atoms with van der Waals surface area (Å²) in [6, 6.07) is 15.9. The minimum absolute atomic E-state index is 0.0649. The predicted molar refractivity (Wildman–Crippen MR) is 121 cm³/mol. The summed E-state index contributed by atoms with van der Waals surface area (Å²) in [5.41, 5.74) is 3.26. The van der Waals surface area contributed by atoms with E-state index in [9.17, 15) is 4.79 Å². The number of para-hydroxylation sites is 1. The molecule has 30 heavy (non-hydrogen) atoms. The summed E-state index contributed by atoms with van der Waals surface area (Å²) >= 11 is 1.36. The molecule has 0 atom stereocenters. The van der Waals surface area contributed by atoms with E-state index < -0.39 is 0 Å². The molecule has 0 aliphatic heterocycles. The molecule has 0 saturated carbocycles. The van der Waals surface area contributed by atoms with Gasteiger partial charge < -0.3 is 14.6 Å². The van der Waals surface area contributed by atoms with E-state index in [1.165, 1.54) is 17.3 Å². The summed E-state index contributed by atoms with van der Waals surface area (Å²) in [4.78, 5) is 12.4. The summed E-state index contributed by atoms with van der Waals surface area (Å²) < 4.78 is 7.68. The fraction of sp³-hybridized carbons (Fsp3) is 0.348. The second-order valence-electron chi connectivity index (χ2n) is 7.32. The normalized spacial score (nSPS) is 11.0. The molecule has 0 unspecified atom stereocenters. The minimum atomic E-state index is -0.0649. The number of anilines is 1. The Labute approximate surface area is 182 Å². The van der Waals surface area contributed by atoms with Crippen molar-refractivity contribution in [2.45, 2.75) is 44.9 Å². The lowest BCUT2D eigenvalue weighted by molar-refractivity contribution is -0.113. The van der Waals surface area contributed by atoms with Crippen LogP contribution in [0.25, 0.3) is 0 Å². The Morgan fingerprint density at radius 3 is 2.57 bits per heavy atom. The summed E-state index contributed by atoms with van der Waals surface area (Å²) in [6.07, 6.45) is 1.00. The van der Waals surface area contributed by atoms with Crippen molar-refractivity contribution in [2.24, 2.45) is 7.05 Å². The highest BCUT2D eigenvalue weighted by Crippen LogP contribution is 2.24. The van der Waals surface area contributed by atoms with E-state index >= 15 is 0 Å². The van der Waals surface area contributed by atoms with Crippen molar-refractivity contribution in [2.75, 3.05) is 11.1 Å². The van der Waals surface area contributed by atoms with Gasteiger partial charge in [0.25, 0.3) is 0 Å². The molecule has 0 saturated heterocycles. The van der Waals surface area contributed by atoms with E-state index in [-0.39, 0.29) is 11.7 Å². The third kappa shape index (κ3) is 5.63. The number of benzene rings is 2. The Morgan fingerprint density at radius 2 is 1.87 bits per heavy atom. The van der Waals surface area contributed by atoms with Crippen LogP contribution in [0, 0.1) is 0 Å². The molecular formula is C23H28N4O2S. The molecule has 1 amide bonds. The number of thioether (sulfide) groups is 1. The van der Waals surface area contributed by atoms with Gasteiger partial charge in [0.1, 0.15) is 12.4 Å². The third-order valence-electron chi connectivity index (χ3n) is 4.81. The van der Waals surface area contributed by atoms with E-state index in [0.29, 0.717) is 23.5 Å². The number of ether oxygens (including phenoxy) is 1. The van der Waals surface area contributed by atoms with Crippen LogP contribution in [0.4, 0.5) is 5.69 Å². The van der Waals surface area contributed by atoms with Gasteiger partial charge >= 0.3 is 0 Å². The fourth-order valence-electron chi connectivity index (χ4n) is 3.00. The molecule has 2 aromatic carbocycles. The molecule has 1 aromatic heterocycles. The van der Waals surface area contributed by atoms with E-state index in [1.54, 1.807) is 0 Å². The zero-order chi connectivity index (χ0) is 21.5. The van der Waals surface area contributed by atoms with E-state index in [1.807, 2.05) is 48.0 Å². The molecule has 3 rings (SSSR count). The van der Waals surface area contributed by atoms with Gasteiger partial charge in [-0.05, 0) is 41.7 Å². The van der Waals surface area contributed by atoms with Crippen LogP contribution in [0.15, 0.2) is 53.7 Å². The average molecular weight is 425 g/mol. The minimum Gasteiger partial charge on any atom is -0.486 e. The van der Waals surface area contributed by atoms with Crippen molar-refractivity contribution in [3.8, 4) is 5.75 Å². The maximum absolute atomic E-state index is 12.4. The zero-order valence-electron chi connectivity index (χ0n) is 17.9. The van der Waals surface area contributed by atoms with Gasteiger partial charge in [-0.15, -0.1) is 10.2 Å². The highest BCUT2D eigenvalue weighted by Gasteiger charge is 2.14. The lowest BCUT2D eigenvalue weighted by atomic mass is 10.0. The first-order valence-electron chi connectivity index (χ1n) is 10.1. The molecule has 0 fully saturated rings. The number of amides is 1. The highest BCUT2D eigenvalue weighted by molar-refractivity contribution is 7.99. The van der Waals surface area contributed by atoms with Gasteiger partial charge in [-0.25, -0.2) is 0 Å². The lowest BCUT2D eigenvalue weighted by Crippen LogP contribution is -2.16. The first kappa shape index (κ1) is 21.9. The van der Waals surface area contributed by atoms with Gasteiger partial charge in [-0.1, -0.05) is 62.9 Å². The number of carbonyl (C=O) groups is 1. The second-order valence-corrected chi connectivity index (χ2v) is 8.27. The average Bonchev–Trinajstić information content (AvgIpc) is 3.10. The number of aromatic nitrogens is 3. The van der Waals surface area contributed by atoms with Crippen LogP contribution < -0.4 is 10.1 Å². The van der Waals surface area contributed by atoms with E-state index in [4.69, 9.17) is 4.74 Å². The molecule has 0 bridgehead atoms. The smallest absolute Gasteiger partial charge is 0.234 e. The molecular weight excluding hydrogens is 396 g/mol. The summed E-state index contributed by atoms with van der Waals surface area (Å²) in [5.74, 6) is 2.05. The standard InChI is InChI=1S/C23H28N4O2S/c1-5-17-10-12-18(13-11-17)29-14-21-25-26-23(27(21)4)30-15-22(28)24-20-9-7-6-8-19(20)16(2)3/h6-13,16H,5,14-15H2,1-4H3,(H,24,28). The van der Waals surface area contributed by atoms with Crippen molar-refractivity contribution in [3.63, 3.8) is 0 Å². The second kappa shape index (κ2) is 10.3. The number of carbonyl (C=O) groups excluding carboxylic acids is 1. The van der Waals surface area contributed by atoms with Gasteiger partial charge in [0.05, 0.1) is 5.75 Å². The van der Waals surface area contributed by atoms with Gasteiger partial charge in [0.2, 0.25) is 5.91 Å². The molecule has 1 N–H and O–H groups in total. The maximum atomic E-state index is 12.4. The Balaban J connectivity index is 1.54. The third-order valence-corrected chi connectivity index (χ3v) is 5.83. The largest absolute Gasteiger partial charge is 0.486 e. The number of nitrogens with zero attached hydrogens (tertiary/aromatic N) is 3. The fourth-order valence-corrected chi connectivity index (χ4v) is 3.73. The van der Waals surface area contributed by atoms with Crippen molar-refractivity contribution in [1.82, 2.24) is 14.8 Å². The van der Waals surface area contributed by atoms with Crippen LogP contribution in [0.1, 0.15) is 43.6 Å². The van der Waals surface area contributed by atoms with Crippen molar-refractivity contribution in [3.05, 3.63) is 65.5 Å². The van der Waals surface area contributed by atoms with Crippen molar-refractivity contribution in [1.29, 1.82) is 0 Å². The Kier molecular flexibility index (Phi) is 7.52. The molecule has 6 nitrogen and oxygen atoms in total. The molecule has 7 heteroatoms. The van der Waals surface area contributed by atoms with Crippen LogP contribution >= 0.6 is 11.8 Å². The molecule has 0 spiro atoms. The quantitative estimate of drug-likeness (QED) is 0.499. The SMILES string of the molecule is CCc1ccc(OCc2nnc(SCC(=O)Nc3ccccc3C(C)C)n2C)cc1. The monoisotopic (exact) mass is 424 g/mol. The number of nitrogens with one attached hydrogen (secondary N) is 1. The van der Waals surface area contributed by atoms with E-state index in [0.717, 1.165) is 23.4 Å². The molecule has 0 aliphatic carbocycles. The van der Waals surface area contributed by atoms with Crippen LogP contribution in [0.2, 0.25) is 0 Å². The maximum Gasteiger partial charge on any atom is 0.234 e.